The third-order valence-electron chi connectivity index (χ3n) is 6.84. The normalized spacial score (nSPS) is 28.2. The summed E-state index contributed by atoms with van der Waals surface area (Å²) in [6, 6.07) is 6.27. The summed E-state index contributed by atoms with van der Waals surface area (Å²) in [5.74, 6) is 0.422. The van der Waals surface area contributed by atoms with Crippen molar-refractivity contribution >= 4 is 27.6 Å². The van der Waals surface area contributed by atoms with Crippen molar-refractivity contribution in [2.75, 3.05) is 0 Å². The van der Waals surface area contributed by atoms with E-state index in [1.807, 2.05) is 6.08 Å². The van der Waals surface area contributed by atoms with Crippen LogP contribution in [0.25, 0.3) is 0 Å². The number of sulfonamides is 1. The molecule has 0 aromatic heterocycles. The molecule has 3 saturated carbocycles. The molecule has 4 unspecified atom stereocenters. The van der Waals surface area contributed by atoms with Crippen LogP contribution in [0.2, 0.25) is 5.02 Å². The summed E-state index contributed by atoms with van der Waals surface area (Å²) in [4.78, 5) is 10.8. The molecule has 0 spiro atoms. The number of rotatable bonds is 9. The summed E-state index contributed by atoms with van der Waals surface area (Å²) in [7, 11) is -3.65. The molecule has 2 N–H and O–H groups in total. The molecule has 3 fully saturated rings. The number of halogens is 1. The number of carbonyl (C=O) groups is 1. The van der Waals surface area contributed by atoms with Crippen LogP contribution in [0.4, 0.5) is 0 Å². The predicted octanol–water partition coefficient (Wildman–Crippen LogP) is 4.87. The Morgan fingerprint density at radius 1 is 1.31 bits per heavy atom. The maximum atomic E-state index is 13.0. The second-order valence-electron chi connectivity index (χ2n) is 8.95. The number of benzene rings is 1. The van der Waals surface area contributed by atoms with E-state index in [-0.39, 0.29) is 28.7 Å². The highest BCUT2D eigenvalue weighted by Crippen LogP contribution is 2.61. The minimum Gasteiger partial charge on any atom is -0.481 e. The lowest BCUT2D eigenvalue weighted by molar-refractivity contribution is -0.137. The molecule has 4 atom stereocenters. The molecule has 3 aliphatic carbocycles. The van der Waals surface area contributed by atoms with Crippen molar-refractivity contribution in [1.82, 2.24) is 4.72 Å². The number of aliphatic carboxylic acids is 1. The van der Waals surface area contributed by atoms with Crippen molar-refractivity contribution in [3.05, 3.63) is 41.4 Å². The molecule has 0 radical (unpaired) electrons. The lowest BCUT2D eigenvalue weighted by Gasteiger charge is -2.62. The fourth-order valence-corrected chi connectivity index (χ4v) is 6.61. The van der Waals surface area contributed by atoms with E-state index in [0.717, 1.165) is 25.7 Å². The number of carboxylic acid groups (broad SMARTS) is 1. The lowest BCUT2D eigenvalue weighted by atomic mass is 9.45. The van der Waals surface area contributed by atoms with Gasteiger partial charge in [0.25, 0.3) is 0 Å². The van der Waals surface area contributed by atoms with E-state index in [4.69, 9.17) is 16.7 Å². The van der Waals surface area contributed by atoms with Crippen LogP contribution in [-0.2, 0) is 14.8 Å². The summed E-state index contributed by atoms with van der Waals surface area (Å²) in [5.41, 5.74) is 0.142. The van der Waals surface area contributed by atoms with Gasteiger partial charge >= 0.3 is 5.97 Å². The first-order chi connectivity index (χ1) is 13.6. The average Bonchev–Trinajstić information content (AvgIpc) is 2.64. The number of nitrogens with one attached hydrogen (secondary N) is 1. The van der Waals surface area contributed by atoms with E-state index in [1.165, 1.54) is 6.07 Å². The van der Waals surface area contributed by atoms with Crippen molar-refractivity contribution in [3.63, 3.8) is 0 Å². The molecule has 0 saturated heterocycles. The van der Waals surface area contributed by atoms with Crippen LogP contribution in [0.15, 0.2) is 41.3 Å². The van der Waals surface area contributed by atoms with Crippen LogP contribution in [0.5, 0.6) is 0 Å². The van der Waals surface area contributed by atoms with Gasteiger partial charge in [0.2, 0.25) is 10.0 Å². The van der Waals surface area contributed by atoms with Gasteiger partial charge in [0.1, 0.15) is 0 Å². The van der Waals surface area contributed by atoms with Crippen molar-refractivity contribution in [2.45, 2.75) is 63.3 Å². The van der Waals surface area contributed by atoms with Crippen molar-refractivity contribution < 1.29 is 18.3 Å². The average molecular weight is 440 g/mol. The van der Waals surface area contributed by atoms with E-state index < -0.39 is 16.0 Å². The summed E-state index contributed by atoms with van der Waals surface area (Å²) in [6.45, 7) is 4.48. The minimum absolute atomic E-state index is 0.109. The van der Waals surface area contributed by atoms with Gasteiger partial charge in [-0.3, -0.25) is 4.79 Å². The zero-order valence-electron chi connectivity index (χ0n) is 17.0. The van der Waals surface area contributed by atoms with Gasteiger partial charge in [0.15, 0.2) is 0 Å². The highest BCUT2D eigenvalue weighted by molar-refractivity contribution is 7.89. The van der Waals surface area contributed by atoms with Gasteiger partial charge in [-0.25, -0.2) is 13.1 Å². The molecule has 0 amide bonds. The Bertz CT molecular complexity index is 881. The van der Waals surface area contributed by atoms with E-state index in [1.54, 1.807) is 18.2 Å². The van der Waals surface area contributed by atoms with Crippen LogP contribution >= 0.6 is 11.6 Å². The second kappa shape index (κ2) is 8.78. The topological polar surface area (TPSA) is 83.5 Å². The molecule has 160 valence electrons. The molecule has 1 aromatic carbocycles. The molecular formula is C22H30ClNO4S. The SMILES string of the molecule is CC1(C)C2CC(C/C=C\CCCC(=O)O)C(NS(=O)(=O)c3cccc(Cl)c3)C1C2. The maximum absolute atomic E-state index is 13.0. The van der Waals surface area contributed by atoms with Gasteiger partial charge in [-0.1, -0.05) is 43.7 Å². The largest absolute Gasteiger partial charge is 0.481 e. The predicted molar refractivity (Wildman–Crippen MR) is 114 cm³/mol. The van der Waals surface area contributed by atoms with E-state index in [0.29, 0.717) is 23.3 Å². The summed E-state index contributed by atoms with van der Waals surface area (Å²) in [6.07, 6.45) is 8.52. The van der Waals surface area contributed by atoms with Crippen LogP contribution < -0.4 is 4.72 Å². The Kier molecular flexibility index (Phi) is 6.76. The van der Waals surface area contributed by atoms with Crippen molar-refractivity contribution in [2.24, 2.45) is 23.2 Å². The first-order valence-corrected chi connectivity index (χ1v) is 12.1. The van der Waals surface area contributed by atoms with Crippen molar-refractivity contribution in [1.29, 1.82) is 0 Å². The molecule has 29 heavy (non-hydrogen) atoms. The molecule has 7 heteroatoms. The van der Waals surface area contributed by atoms with Gasteiger partial charge < -0.3 is 5.11 Å². The van der Waals surface area contributed by atoms with Crippen LogP contribution in [0, 0.1) is 23.2 Å². The lowest BCUT2D eigenvalue weighted by Crippen LogP contribution is -2.63. The monoisotopic (exact) mass is 439 g/mol. The second-order valence-corrected chi connectivity index (χ2v) is 11.1. The first kappa shape index (κ1) is 22.3. The Balaban J connectivity index is 1.70. The van der Waals surface area contributed by atoms with Gasteiger partial charge in [-0.05, 0) is 73.5 Å². The third-order valence-corrected chi connectivity index (χ3v) is 8.53. The maximum Gasteiger partial charge on any atom is 0.303 e. The molecule has 3 aliphatic rings. The highest BCUT2D eigenvalue weighted by Gasteiger charge is 2.58. The standard InChI is InChI=1S/C22H30ClNO4S/c1-22(2)16-12-15(8-5-3-4-6-11-20(25)26)21(19(22)13-16)24-29(27,28)18-10-7-9-17(23)14-18/h3,5,7,9-10,14-16,19,21,24H,4,6,8,11-13H2,1-2H3,(H,25,26)/b5-3-. The number of carboxylic acids is 1. The molecule has 0 heterocycles. The van der Waals surface area contributed by atoms with Gasteiger partial charge in [0.05, 0.1) is 4.90 Å². The minimum atomic E-state index is -3.65. The van der Waals surface area contributed by atoms with Crippen LogP contribution in [0.1, 0.15) is 52.4 Å². The quantitative estimate of drug-likeness (QED) is 0.424. The zero-order valence-corrected chi connectivity index (χ0v) is 18.5. The van der Waals surface area contributed by atoms with Gasteiger partial charge in [-0.15, -0.1) is 0 Å². The van der Waals surface area contributed by atoms with E-state index >= 15 is 0 Å². The number of hydrogen-bond donors (Lipinski definition) is 2. The van der Waals surface area contributed by atoms with Gasteiger partial charge in [0, 0.05) is 17.5 Å². The van der Waals surface area contributed by atoms with E-state index in [9.17, 15) is 13.2 Å². The number of unbranched alkanes of at least 4 members (excludes halogenated alkanes) is 1. The summed E-state index contributed by atoms with van der Waals surface area (Å²) < 4.78 is 29.0. The molecule has 0 aliphatic heterocycles. The fourth-order valence-electron chi connectivity index (χ4n) is 4.97. The molecular weight excluding hydrogens is 410 g/mol. The van der Waals surface area contributed by atoms with Crippen LogP contribution in [-0.4, -0.2) is 25.5 Å². The number of fused-ring (bicyclic) bond motifs is 2. The molecule has 5 nitrogen and oxygen atoms in total. The number of hydrogen-bond acceptors (Lipinski definition) is 3. The smallest absolute Gasteiger partial charge is 0.303 e. The zero-order chi connectivity index (χ0) is 21.2. The number of allylic oxidation sites excluding steroid dienone is 2. The van der Waals surface area contributed by atoms with E-state index in [2.05, 4.69) is 24.6 Å². The highest BCUT2D eigenvalue weighted by atomic mass is 35.5. The summed E-state index contributed by atoms with van der Waals surface area (Å²) in [5, 5.41) is 9.12. The summed E-state index contributed by atoms with van der Waals surface area (Å²) >= 11 is 6.00. The van der Waals surface area contributed by atoms with Crippen molar-refractivity contribution in [3.8, 4) is 0 Å². The van der Waals surface area contributed by atoms with Crippen LogP contribution in [0.3, 0.4) is 0 Å². The molecule has 1 aromatic rings. The van der Waals surface area contributed by atoms with Gasteiger partial charge in [-0.2, -0.15) is 0 Å². The fraction of sp³-hybridized carbons (Fsp3) is 0.591. The Morgan fingerprint density at radius 3 is 2.72 bits per heavy atom. The Hall–Kier alpha value is -1.37. The first-order valence-electron chi connectivity index (χ1n) is 10.3. The molecule has 2 bridgehead atoms. The molecule has 4 rings (SSSR count). The third kappa shape index (κ3) is 5.04. The Labute approximate surface area is 178 Å². The Morgan fingerprint density at radius 2 is 2.07 bits per heavy atom.